The van der Waals surface area contributed by atoms with Crippen LogP contribution in [0.1, 0.15) is 0 Å². The third-order valence-corrected chi connectivity index (χ3v) is 3.64. The predicted octanol–water partition coefficient (Wildman–Crippen LogP) is 1.61. The van der Waals surface area contributed by atoms with Crippen LogP contribution in [0.2, 0.25) is 0 Å². The summed E-state index contributed by atoms with van der Waals surface area (Å²) < 4.78 is 1.53. The number of nitrogens with one attached hydrogen (secondary N) is 1. The first-order valence-corrected chi connectivity index (χ1v) is 6.49. The van der Waals surface area contributed by atoms with Gasteiger partial charge in [0.15, 0.2) is 12.1 Å². The molecule has 0 saturated carbocycles. The van der Waals surface area contributed by atoms with Crippen molar-refractivity contribution in [3.63, 3.8) is 0 Å². The van der Waals surface area contributed by atoms with Crippen molar-refractivity contribution in [1.82, 2.24) is 4.98 Å². The Balaban J connectivity index is 1.95. The number of rotatable bonds is 3. The number of hydrogen-bond acceptors (Lipinski definition) is 6. The zero-order chi connectivity index (χ0) is 14.1. The van der Waals surface area contributed by atoms with Gasteiger partial charge in [-0.05, 0) is 12.1 Å². The van der Waals surface area contributed by atoms with Crippen molar-refractivity contribution >= 4 is 33.4 Å². The lowest BCUT2D eigenvalue weighted by Gasteiger charge is -2.03. The maximum absolute atomic E-state index is 11.6. The number of fused-ring (bicyclic) bond motifs is 1. The van der Waals surface area contributed by atoms with E-state index in [0.29, 0.717) is 5.82 Å². The quantitative estimate of drug-likeness (QED) is 0.449. The van der Waals surface area contributed by atoms with Crippen LogP contribution in [0.4, 0.5) is 17.2 Å². The number of hydrogen-bond donors (Lipinski definition) is 1. The smallest absolute Gasteiger partial charge is 0.290 e. The number of thiazole rings is 1. The molecule has 0 aliphatic heterocycles. The van der Waals surface area contributed by atoms with Crippen molar-refractivity contribution in [2.24, 2.45) is 0 Å². The summed E-state index contributed by atoms with van der Waals surface area (Å²) in [6.45, 7) is 0. The van der Waals surface area contributed by atoms with Gasteiger partial charge in [0.25, 0.3) is 10.5 Å². The van der Waals surface area contributed by atoms with Gasteiger partial charge in [0.1, 0.15) is 17.7 Å². The molecule has 3 heterocycles. The van der Waals surface area contributed by atoms with Gasteiger partial charge in [-0.25, -0.2) is 4.98 Å². The van der Waals surface area contributed by atoms with Gasteiger partial charge in [-0.3, -0.25) is 10.1 Å². The Hall–Kier alpha value is -2.74. The third-order valence-electron chi connectivity index (χ3n) is 2.68. The van der Waals surface area contributed by atoms with Crippen LogP contribution in [0.3, 0.4) is 0 Å². The molecule has 0 aliphatic carbocycles. The van der Waals surface area contributed by atoms with Gasteiger partial charge in [0.2, 0.25) is 0 Å². The van der Waals surface area contributed by atoms with Gasteiger partial charge < -0.3 is 10.4 Å². The number of pyridine rings is 2. The maximum Gasteiger partial charge on any atom is 0.290 e. The minimum Gasteiger partial charge on any atom is -0.822 e. The van der Waals surface area contributed by atoms with Gasteiger partial charge in [0, 0.05) is 12.1 Å². The summed E-state index contributed by atoms with van der Waals surface area (Å²) in [4.78, 5) is 14.8. The van der Waals surface area contributed by atoms with E-state index in [2.05, 4.69) is 10.3 Å². The number of anilines is 2. The molecule has 0 saturated heterocycles. The minimum atomic E-state index is -0.504. The molecule has 0 fully saturated rings. The van der Waals surface area contributed by atoms with Crippen LogP contribution < -0.4 is 14.8 Å². The van der Waals surface area contributed by atoms with E-state index in [4.69, 9.17) is 0 Å². The second kappa shape index (κ2) is 4.74. The molecule has 0 radical (unpaired) electrons. The first-order chi connectivity index (χ1) is 9.65. The van der Waals surface area contributed by atoms with E-state index in [1.165, 1.54) is 39.4 Å². The molecule has 7 nitrogen and oxygen atoms in total. The van der Waals surface area contributed by atoms with Crippen molar-refractivity contribution in [2.45, 2.75) is 0 Å². The number of nitro groups is 1. The fourth-order valence-corrected chi connectivity index (χ4v) is 2.59. The largest absolute Gasteiger partial charge is 0.822 e. The summed E-state index contributed by atoms with van der Waals surface area (Å²) >= 11 is 1.32. The highest BCUT2D eigenvalue weighted by Crippen LogP contribution is 2.24. The summed E-state index contributed by atoms with van der Waals surface area (Å²) in [7, 11) is 0. The molecule has 0 aromatic carbocycles. The maximum atomic E-state index is 11.6. The van der Waals surface area contributed by atoms with Crippen molar-refractivity contribution < 1.29 is 14.4 Å². The van der Waals surface area contributed by atoms with E-state index in [9.17, 15) is 15.2 Å². The molecule has 0 atom stereocenters. The van der Waals surface area contributed by atoms with Gasteiger partial charge in [-0.2, -0.15) is 4.40 Å². The van der Waals surface area contributed by atoms with E-state index in [0.717, 1.165) is 10.5 Å². The molecule has 0 spiro atoms. The first kappa shape index (κ1) is 12.3. The normalized spacial score (nSPS) is 10.6. The number of aromatic nitrogens is 2. The SMILES string of the molecule is O=[N+]([O-])c1ccc(Nc2ccc[n+]3c([O-])csc23)nc1. The lowest BCUT2D eigenvalue weighted by atomic mass is 10.3. The summed E-state index contributed by atoms with van der Waals surface area (Å²) in [5.74, 6) is 0.384. The lowest BCUT2D eigenvalue weighted by molar-refractivity contribution is -0.580. The second-order valence-electron chi connectivity index (χ2n) is 3.95. The van der Waals surface area contributed by atoms with E-state index >= 15 is 0 Å². The van der Waals surface area contributed by atoms with Crippen LogP contribution in [0, 0.1) is 10.1 Å². The highest BCUT2D eigenvalue weighted by atomic mass is 32.1. The zero-order valence-electron chi connectivity index (χ0n) is 10.0. The molecule has 20 heavy (non-hydrogen) atoms. The van der Waals surface area contributed by atoms with Crippen LogP contribution in [0.5, 0.6) is 5.88 Å². The average Bonchev–Trinajstić information content (AvgIpc) is 2.82. The molecule has 3 aromatic heterocycles. The molecule has 3 aromatic rings. The molecule has 100 valence electrons. The van der Waals surface area contributed by atoms with Crippen LogP contribution in [0.25, 0.3) is 4.83 Å². The molecule has 0 aliphatic rings. The highest BCUT2D eigenvalue weighted by molar-refractivity contribution is 7.15. The van der Waals surface area contributed by atoms with Crippen molar-refractivity contribution in [2.75, 3.05) is 5.32 Å². The van der Waals surface area contributed by atoms with Crippen LogP contribution in [-0.2, 0) is 0 Å². The molecular formula is C12H8N4O3S. The Morgan fingerprint density at radius 3 is 2.90 bits per heavy atom. The Kier molecular flexibility index (Phi) is 2.92. The Bertz CT molecular complexity index is 785. The highest BCUT2D eigenvalue weighted by Gasteiger charge is 2.12. The fourth-order valence-electron chi connectivity index (χ4n) is 1.75. The van der Waals surface area contributed by atoms with Crippen LogP contribution in [-0.4, -0.2) is 9.91 Å². The van der Waals surface area contributed by atoms with Gasteiger partial charge >= 0.3 is 0 Å². The van der Waals surface area contributed by atoms with E-state index in [1.807, 2.05) is 6.07 Å². The third kappa shape index (κ3) is 2.12. The fraction of sp³-hybridized carbons (Fsp3) is 0. The lowest BCUT2D eigenvalue weighted by Crippen LogP contribution is -2.23. The second-order valence-corrected chi connectivity index (χ2v) is 4.81. The van der Waals surface area contributed by atoms with Crippen molar-refractivity contribution in [3.05, 3.63) is 52.2 Å². The van der Waals surface area contributed by atoms with Crippen molar-refractivity contribution in [1.29, 1.82) is 0 Å². The summed E-state index contributed by atoms with van der Waals surface area (Å²) in [5, 5.41) is 26.7. The summed E-state index contributed by atoms with van der Waals surface area (Å²) in [6.07, 6.45) is 2.87. The monoisotopic (exact) mass is 288 g/mol. The van der Waals surface area contributed by atoms with Crippen LogP contribution >= 0.6 is 11.3 Å². The predicted molar refractivity (Wildman–Crippen MR) is 71.1 cm³/mol. The Labute approximate surface area is 116 Å². The summed E-state index contributed by atoms with van der Waals surface area (Å²) in [6, 6.07) is 6.45. The van der Waals surface area contributed by atoms with Gasteiger partial charge in [-0.15, -0.1) is 0 Å². The van der Waals surface area contributed by atoms with E-state index in [1.54, 1.807) is 12.3 Å². The first-order valence-electron chi connectivity index (χ1n) is 5.61. The Morgan fingerprint density at radius 1 is 1.35 bits per heavy atom. The molecule has 0 amide bonds. The molecule has 0 bridgehead atoms. The van der Waals surface area contributed by atoms with E-state index < -0.39 is 4.92 Å². The molecule has 8 heteroatoms. The zero-order valence-corrected chi connectivity index (χ0v) is 10.8. The minimum absolute atomic E-state index is 0.0684. The molecule has 3 rings (SSSR count). The molecule has 1 N–H and O–H groups in total. The van der Waals surface area contributed by atoms with Crippen LogP contribution in [0.15, 0.2) is 42.0 Å². The molecule has 0 unspecified atom stereocenters. The van der Waals surface area contributed by atoms with Crippen molar-refractivity contribution in [3.8, 4) is 5.88 Å². The van der Waals surface area contributed by atoms with E-state index in [-0.39, 0.29) is 11.6 Å². The average molecular weight is 288 g/mol. The topological polar surface area (TPSA) is 95.2 Å². The van der Waals surface area contributed by atoms with Gasteiger partial charge in [0.05, 0.1) is 10.3 Å². The standard InChI is InChI=1S/C12H8N4O3S/c17-11-7-20-12-9(2-1-5-15(11)12)14-10-4-3-8(6-13-10)16(18)19/h1-7H,(H-,13,14,17). The summed E-state index contributed by atoms with van der Waals surface area (Å²) in [5.41, 5.74) is 0.655. The molecular weight excluding hydrogens is 280 g/mol. The van der Waals surface area contributed by atoms with Gasteiger partial charge in [-0.1, -0.05) is 11.3 Å². The Morgan fingerprint density at radius 2 is 2.20 bits per heavy atom. The number of nitrogens with zero attached hydrogens (tertiary/aromatic N) is 3.